The average molecular weight is 597 g/mol. The maximum absolute atomic E-state index is 11.0. The molecule has 0 atom stereocenters. The third kappa shape index (κ3) is 28.2. The summed E-state index contributed by atoms with van der Waals surface area (Å²) in [5, 5.41) is 27.1. The first-order valence-electron chi connectivity index (χ1n) is 17.5. The summed E-state index contributed by atoms with van der Waals surface area (Å²) < 4.78 is 0.866. The van der Waals surface area contributed by atoms with Crippen LogP contribution >= 0.6 is 0 Å². The molecule has 0 heterocycles. The molecule has 0 aromatic rings. The summed E-state index contributed by atoms with van der Waals surface area (Å²) in [4.78, 5) is 33.0. The van der Waals surface area contributed by atoms with Gasteiger partial charge in [-0.25, -0.2) is 0 Å². The van der Waals surface area contributed by atoms with Crippen LogP contribution in [0.4, 0.5) is 0 Å². The molecule has 0 aromatic heterocycles. The molecule has 7 heteroatoms. The number of carbonyl (C=O) groups is 3. The smallest absolute Gasteiger partial charge is 0.303 e. The first-order chi connectivity index (χ1) is 20.3. The van der Waals surface area contributed by atoms with Gasteiger partial charge in [0.05, 0.1) is 26.2 Å². The highest BCUT2D eigenvalue weighted by molar-refractivity contribution is 5.67. The summed E-state index contributed by atoms with van der Waals surface area (Å²) in [6.07, 6.45) is 30.3. The van der Waals surface area contributed by atoms with Crippen LogP contribution in [-0.4, -0.2) is 63.9 Å². The number of quaternary nitrogens is 1. The maximum atomic E-state index is 11.0. The number of nitrogens with zero attached hydrogens (tertiary/aromatic N) is 1. The van der Waals surface area contributed by atoms with Gasteiger partial charge in [-0.05, 0) is 77.0 Å². The van der Waals surface area contributed by atoms with E-state index in [1.807, 2.05) is 0 Å². The highest BCUT2D eigenvalue weighted by Gasteiger charge is 2.26. The summed E-state index contributed by atoms with van der Waals surface area (Å²) >= 11 is 0. The summed E-state index contributed by atoms with van der Waals surface area (Å²) in [5.74, 6) is -2.30. The first-order valence-corrected chi connectivity index (χ1v) is 17.5. The second-order valence-electron chi connectivity index (χ2n) is 12.4. The quantitative estimate of drug-likeness (QED) is 0.0395. The molecule has 0 radical (unpaired) electrons. The lowest BCUT2D eigenvalue weighted by Crippen LogP contribution is -2.51. The van der Waals surface area contributed by atoms with Gasteiger partial charge < -0.3 is 19.8 Å². The van der Waals surface area contributed by atoms with E-state index in [-0.39, 0.29) is 19.3 Å². The Kier molecular flexibility index (Phi) is 27.9. The summed E-state index contributed by atoms with van der Waals surface area (Å²) in [6, 6.07) is 0. The van der Waals surface area contributed by atoms with Crippen molar-refractivity contribution in [1.82, 2.24) is 0 Å². The Morgan fingerprint density at radius 2 is 0.714 bits per heavy atom. The minimum Gasteiger partial charge on any atom is -0.481 e. The van der Waals surface area contributed by atoms with E-state index in [2.05, 4.69) is 19.1 Å². The Balaban J connectivity index is 4.35. The molecule has 0 amide bonds. The molecule has 0 aromatic carbocycles. The van der Waals surface area contributed by atoms with Crippen LogP contribution in [-0.2, 0) is 14.4 Å². The normalized spacial score (nSPS) is 11.8. The van der Waals surface area contributed by atoms with Crippen LogP contribution in [0.5, 0.6) is 0 Å². The van der Waals surface area contributed by atoms with Crippen LogP contribution in [0.2, 0.25) is 0 Å². The van der Waals surface area contributed by atoms with Gasteiger partial charge in [-0.1, -0.05) is 83.3 Å². The van der Waals surface area contributed by atoms with Crippen LogP contribution in [0.1, 0.15) is 167 Å². The molecule has 0 aliphatic carbocycles. The van der Waals surface area contributed by atoms with Gasteiger partial charge in [0.1, 0.15) is 0 Å². The largest absolute Gasteiger partial charge is 0.481 e. The van der Waals surface area contributed by atoms with E-state index < -0.39 is 17.9 Å². The van der Waals surface area contributed by atoms with Gasteiger partial charge in [0, 0.05) is 19.3 Å². The van der Waals surface area contributed by atoms with Crippen molar-refractivity contribution in [2.45, 2.75) is 167 Å². The fourth-order valence-electron chi connectivity index (χ4n) is 5.89. The fraction of sp³-hybridized carbons (Fsp3) is 0.857. The number of carboxylic acids is 3. The van der Waals surface area contributed by atoms with E-state index in [4.69, 9.17) is 15.3 Å². The zero-order valence-corrected chi connectivity index (χ0v) is 27.2. The Bertz CT molecular complexity index is 638. The highest BCUT2D eigenvalue weighted by Crippen LogP contribution is 2.20. The Labute approximate surface area is 257 Å². The highest BCUT2D eigenvalue weighted by atomic mass is 16.4. The lowest BCUT2D eigenvalue weighted by molar-refractivity contribution is -0.929. The summed E-state index contributed by atoms with van der Waals surface area (Å²) in [7, 11) is 0. The van der Waals surface area contributed by atoms with Crippen molar-refractivity contribution in [2.24, 2.45) is 0 Å². The van der Waals surface area contributed by atoms with Crippen LogP contribution in [0.25, 0.3) is 0 Å². The molecule has 0 saturated heterocycles. The van der Waals surface area contributed by atoms with Crippen molar-refractivity contribution in [2.75, 3.05) is 26.2 Å². The van der Waals surface area contributed by atoms with E-state index in [1.165, 1.54) is 96.3 Å². The van der Waals surface area contributed by atoms with Crippen molar-refractivity contribution in [3.63, 3.8) is 0 Å². The number of unbranched alkanes of at least 4 members (excludes halogenated alkanes) is 17. The fourth-order valence-corrected chi connectivity index (χ4v) is 5.89. The number of rotatable bonds is 33. The number of hydrogen-bond donors (Lipinski definition) is 3. The number of hydrogen-bond acceptors (Lipinski definition) is 3. The van der Waals surface area contributed by atoms with Crippen LogP contribution in [0.3, 0.4) is 0 Å². The third-order valence-electron chi connectivity index (χ3n) is 8.46. The van der Waals surface area contributed by atoms with Gasteiger partial charge >= 0.3 is 17.9 Å². The molecule has 0 spiro atoms. The van der Waals surface area contributed by atoms with E-state index in [1.54, 1.807) is 0 Å². The zero-order valence-electron chi connectivity index (χ0n) is 27.2. The van der Waals surface area contributed by atoms with Gasteiger partial charge in [0.25, 0.3) is 0 Å². The molecule has 0 bridgehead atoms. The predicted octanol–water partition coefficient (Wildman–Crippen LogP) is 9.39. The molecule has 0 unspecified atom stereocenters. The van der Waals surface area contributed by atoms with Crippen molar-refractivity contribution < 1.29 is 34.2 Å². The average Bonchev–Trinajstić information content (AvgIpc) is 2.94. The van der Waals surface area contributed by atoms with Crippen molar-refractivity contribution in [3.8, 4) is 0 Å². The molecule has 246 valence electrons. The molecule has 3 N–H and O–H groups in total. The van der Waals surface area contributed by atoms with Crippen molar-refractivity contribution in [3.05, 3.63) is 12.2 Å². The minimum absolute atomic E-state index is 0.174. The standard InChI is InChI=1S/C35H65NO6/c1-2-3-4-5-6-7-8-9-10-11-12-13-14-15-16-17-18-22-29-36(30-23-19-26-33(37)38,31-24-20-27-34(39)40)32-25-21-28-35(41)42/h9-10H,2-8,11-32H2,1H3,(H2-,37,38,39,40,41,42)/p+1/b10-9+. The van der Waals surface area contributed by atoms with E-state index in [0.29, 0.717) is 19.3 Å². The Morgan fingerprint density at radius 3 is 1.05 bits per heavy atom. The molecule has 0 saturated carbocycles. The molecule has 0 aliphatic rings. The van der Waals surface area contributed by atoms with Crippen molar-refractivity contribution >= 4 is 17.9 Å². The van der Waals surface area contributed by atoms with Crippen LogP contribution in [0, 0.1) is 0 Å². The second-order valence-corrected chi connectivity index (χ2v) is 12.4. The number of carboxylic acid groups (broad SMARTS) is 3. The minimum atomic E-state index is -0.768. The van der Waals surface area contributed by atoms with E-state index >= 15 is 0 Å². The first kappa shape index (κ1) is 40.1. The van der Waals surface area contributed by atoms with Crippen LogP contribution < -0.4 is 0 Å². The van der Waals surface area contributed by atoms with Gasteiger partial charge in [-0.15, -0.1) is 0 Å². The predicted molar refractivity (Wildman–Crippen MR) is 173 cm³/mol. The number of aliphatic carboxylic acids is 3. The lowest BCUT2D eigenvalue weighted by atomic mass is 10.0. The molecule has 42 heavy (non-hydrogen) atoms. The second kappa shape index (κ2) is 29.2. The SMILES string of the molecule is CCCCCCCC/C=C/CCCCCCCCCC[N+](CCCCC(=O)O)(CCCCC(=O)O)CCCCC(=O)O. The molecule has 0 aliphatic heterocycles. The zero-order chi connectivity index (χ0) is 31.2. The molecule has 7 nitrogen and oxygen atoms in total. The molecular weight excluding hydrogens is 530 g/mol. The van der Waals surface area contributed by atoms with Gasteiger partial charge in [-0.3, -0.25) is 14.4 Å². The van der Waals surface area contributed by atoms with Gasteiger partial charge in [0.15, 0.2) is 0 Å². The topological polar surface area (TPSA) is 112 Å². The van der Waals surface area contributed by atoms with Crippen LogP contribution in [0.15, 0.2) is 12.2 Å². The molecular formula is C35H66NO6+. The lowest BCUT2D eigenvalue weighted by Gasteiger charge is -2.39. The van der Waals surface area contributed by atoms with E-state index in [0.717, 1.165) is 56.3 Å². The van der Waals surface area contributed by atoms with Gasteiger partial charge in [-0.2, -0.15) is 0 Å². The summed E-state index contributed by atoms with van der Waals surface area (Å²) in [6.45, 7) is 5.94. The van der Waals surface area contributed by atoms with E-state index in [9.17, 15) is 14.4 Å². The third-order valence-corrected chi connectivity index (χ3v) is 8.46. The monoisotopic (exact) mass is 596 g/mol. The maximum Gasteiger partial charge on any atom is 0.303 e. The summed E-state index contributed by atoms with van der Waals surface area (Å²) in [5.41, 5.74) is 0. The molecule has 0 rings (SSSR count). The molecule has 0 fully saturated rings. The van der Waals surface area contributed by atoms with Gasteiger partial charge in [0.2, 0.25) is 0 Å². The Hall–Kier alpha value is -1.89. The van der Waals surface area contributed by atoms with Crippen molar-refractivity contribution in [1.29, 1.82) is 0 Å². The Morgan fingerprint density at radius 1 is 0.429 bits per heavy atom. The number of allylic oxidation sites excluding steroid dienone is 2.